The largest absolute Gasteiger partial charge is 3.00 e. The molecule has 0 saturated heterocycles. The molecule has 4 heteroatoms. The van der Waals surface area contributed by atoms with Crippen LogP contribution < -0.4 is 0 Å². The predicted octanol–water partition coefficient (Wildman–Crippen LogP) is 10.3. The molecule has 6 rings (SSSR count). The first-order valence-electron chi connectivity index (χ1n) is 16.6. The minimum atomic E-state index is -0.242. The number of hydrogen-bond acceptors (Lipinski definition) is 3. The van der Waals surface area contributed by atoms with Gasteiger partial charge in [0, 0.05) is 44.9 Å². The van der Waals surface area contributed by atoms with Gasteiger partial charge in [0.05, 0.1) is 11.4 Å². The standard InChI is InChI=1S/C23H23N.C22H23N2.Ir/c1-22(2,18-12-7-5-8-13-18)20-16-11-17-21(24-20)23(3,4)19-14-9-6-10-15-19;1-21(2,17-11-6-5-7-12-17)19-14-10-15-20(24-19)22(3,4)18-13-8-9-16-23-18;/h5-12,14,16-17H,1-4H3;5-11,13-16H,1-4H3;/q-2;-1;+3. The van der Waals surface area contributed by atoms with E-state index in [2.05, 4.69) is 157 Å². The van der Waals surface area contributed by atoms with Crippen molar-refractivity contribution in [1.29, 1.82) is 0 Å². The average Bonchev–Trinajstić information content (AvgIpc) is 3.13. The van der Waals surface area contributed by atoms with Crippen molar-refractivity contribution < 1.29 is 20.1 Å². The van der Waals surface area contributed by atoms with Crippen LogP contribution in [0.3, 0.4) is 0 Å². The third-order valence-electron chi connectivity index (χ3n) is 9.51. The molecule has 0 aliphatic carbocycles. The smallest absolute Gasteiger partial charge is 0.260 e. The van der Waals surface area contributed by atoms with Crippen molar-refractivity contribution in [1.82, 2.24) is 15.0 Å². The summed E-state index contributed by atoms with van der Waals surface area (Å²) in [5.41, 5.74) is 7.86. The van der Waals surface area contributed by atoms with Gasteiger partial charge in [0.15, 0.2) is 0 Å². The van der Waals surface area contributed by atoms with E-state index in [9.17, 15) is 0 Å². The molecule has 6 aromatic rings. The second-order valence-electron chi connectivity index (χ2n) is 14.4. The molecule has 3 heterocycles. The van der Waals surface area contributed by atoms with E-state index in [0.717, 1.165) is 45.2 Å². The van der Waals surface area contributed by atoms with Crippen LogP contribution in [-0.2, 0) is 41.8 Å². The zero-order valence-corrected chi connectivity index (χ0v) is 32.3. The fourth-order valence-corrected chi connectivity index (χ4v) is 5.89. The zero-order chi connectivity index (χ0) is 34.4. The first-order valence-corrected chi connectivity index (χ1v) is 16.6. The van der Waals surface area contributed by atoms with Gasteiger partial charge in [-0.1, -0.05) is 59.7 Å². The van der Waals surface area contributed by atoms with Gasteiger partial charge in [-0.05, 0) is 50.2 Å². The van der Waals surface area contributed by atoms with Gasteiger partial charge in [0.2, 0.25) is 0 Å². The molecule has 0 aliphatic rings. The van der Waals surface area contributed by atoms with Crippen molar-refractivity contribution in [2.24, 2.45) is 0 Å². The Balaban J connectivity index is 0.000000216. The molecule has 3 aromatic carbocycles. The van der Waals surface area contributed by atoms with E-state index in [4.69, 9.17) is 9.97 Å². The number of aromatic nitrogens is 3. The van der Waals surface area contributed by atoms with Crippen molar-refractivity contribution in [2.75, 3.05) is 0 Å². The van der Waals surface area contributed by atoms with E-state index in [1.54, 1.807) is 0 Å². The Kier molecular flexibility index (Phi) is 11.9. The molecule has 250 valence electrons. The maximum atomic E-state index is 5.03. The molecule has 0 bridgehead atoms. The molecule has 0 spiro atoms. The van der Waals surface area contributed by atoms with Gasteiger partial charge in [-0.25, -0.2) is 0 Å². The summed E-state index contributed by atoms with van der Waals surface area (Å²) in [6.07, 6.45) is 1.84. The molecular formula is C45H46IrN3. The van der Waals surface area contributed by atoms with E-state index in [1.807, 2.05) is 54.7 Å². The Labute approximate surface area is 307 Å². The van der Waals surface area contributed by atoms with Gasteiger partial charge >= 0.3 is 20.1 Å². The topological polar surface area (TPSA) is 38.7 Å². The second kappa shape index (κ2) is 15.5. The van der Waals surface area contributed by atoms with Crippen molar-refractivity contribution in [2.45, 2.75) is 77.0 Å². The normalized spacial score (nSPS) is 11.9. The van der Waals surface area contributed by atoms with Crippen LogP contribution in [0.2, 0.25) is 0 Å². The van der Waals surface area contributed by atoms with Crippen molar-refractivity contribution >= 4 is 0 Å². The molecule has 0 saturated carbocycles. The van der Waals surface area contributed by atoms with Crippen LogP contribution in [0.1, 0.15) is 101 Å². The quantitative estimate of drug-likeness (QED) is 0.144. The van der Waals surface area contributed by atoms with Gasteiger partial charge in [-0.15, -0.1) is 0 Å². The maximum absolute atomic E-state index is 5.03. The fraction of sp³-hybridized carbons (Fsp3) is 0.267. The van der Waals surface area contributed by atoms with Gasteiger partial charge in [0.1, 0.15) is 0 Å². The molecule has 0 unspecified atom stereocenters. The first-order chi connectivity index (χ1) is 22.8. The monoisotopic (exact) mass is 821 g/mol. The van der Waals surface area contributed by atoms with E-state index in [0.29, 0.717) is 0 Å². The van der Waals surface area contributed by atoms with Gasteiger partial charge in [-0.2, -0.15) is 108 Å². The number of pyridine rings is 3. The van der Waals surface area contributed by atoms with Gasteiger partial charge < -0.3 is 0 Å². The molecule has 3 aromatic heterocycles. The summed E-state index contributed by atoms with van der Waals surface area (Å²) in [6, 6.07) is 53.0. The Hall–Kier alpha value is -4.24. The maximum Gasteiger partial charge on any atom is 3.00 e. The third-order valence-corrected chi connectivity index (χ3v) is 9.51. The van der Waals surface area contributed by atoms with Crippen LogP contribution in [0.25, 0.3) is 0 Å². The Morgan fingerprint density at radius 2 is 0.694 bits per heavy atom. The second-order valence-corrected chi connectivity index (χ2v) is 14.4. The SMILES string of the molecule is CC(C)(c1[c-]cccc1)c1cccc(C(C)(C)c2[c-]cccc2)n1.CC(C)(c1[c-]cccc1)c1cccc(C(C)(C)c2ccccn2)n1.[Ir+3]. The van der Waals surface area contributed by atoms with Gasteiger partial charge in [0.25, 0.3) is 0 Å². The Morgan fingerprint density at radius 3 is 1.00 bits per heavy atom. The minimum Gasteiger partial charge on any atom is -0.260 e. The minimum absolute atomic E-state index is 0. The number of nitrogens with zero attached hydrogens (tertiary/aromatic N) is 3. The molecule has 0 radical (unpaired) electrons. The zero-order valence-electron chi connectivity index (χ0n) is 29.9. The van der Waals surface area contributed by atoms with E-state index in [-0.39, 0.29) is 41.8 Å². The van der Waals surface area contributed by atoms with Crippen LogP contribution in [0, 0.1) is 18.2 Å². The Morgan fingerprint density at radius 1 is 0.367 bits per heavy atom. The van der Waals surface area contributed by atoms with Crippen LogP contribution in [0.15, 0.2) is 134 Å². The molecule has 49 heavy (non-hydrogen) atoms. The van der Waals surface area contributed by atoms with Crippen molar-refractivity contribution in [3.05, 3.63) is 197 Å². The third kappa shape index (κ3) is 8.32. The molecule has 3 nitrogen and oxygen atoms in total. The molecule has 0 fully saturated rings. The average molecular weight is 821 g/mol. The molecule has 0 amide bonds. The predicted molar refractivity (Wildman–Crippen MR) is 197 cm³/mol. The molecular weight excluding hydrogens is 775 g/mol. The molecule has 0 N–H and O–H groups in total. The summed E-state index contributed by atoms with van der Waals surface area (Å²) in [4.78, 5) is 14.6. The summed E-state index contributed by atoms with van der Waals surface area (Å²) in [6.45, 7) is 17.5. The van der Waals surface area contributed by atoms with Crippen LogP contribution in [-0.4, -0.2) is 15.0 Å². The van der Waals surface area contributed by atoms with Gasteiger partial charge in [-0.3, -0.25) is 15.0 Å². The Bertz CT molecular complexity index is 1620. The summed E-state index contributed by atoms with van der Waals surface area (Å²) < 4.78 is 0. The molecule has 0 aliphatic heterocycles. The summed E-state index contributed by atoms with van der Waals surface area (Å²) in [5.74, 6) is 0. The van der Waals surface area contributed by atoms with Crippen molar-refractivity contribution in [3.63, 3.8) is 0 Å². The number of benzene rings is 3. The fourth-order valence-electron chi connectivity index (χ4n) is 5.89. The van der Waals surface area contributed by atoms with E-state index < -0.39 is 0 Å². The first kappa shape index (κ1) is 37.6. The number of hydrogen-bond donors (Lipinski definition) is 0. The summed E-state index contributed by atoms with van der Waals surface area (Å²) >= 11 is 0. The summed E-state index contributed by atoms with van der Waals surface area (Å²) in [5, 5.41) is 0. The number of rotatable bonds is 8. The summed E-state index contributed by atoms with van der Waals surface area (Å²) in [7, 11) is 0. The van der Waals surface area contributed by atoms with Crippen LogP contribution in [0.4, 0.5) is 0 Å². The van der Waals surface area contributed by atoms with Crippen LogP contribution in [0.5, 0.6) is 0 Å². The van der Waals surface area contributed by atoms with Crippen molar-refractivity contribution in [3.8, 4) is 0 Å². The molecule has 0 atom stereocenters. The van der Waals surface area contributed by atoms with E-state index in [1.165, 1.54) is 0 Å². The van der Waals surface area contributed by atoms with E-state index >= 15 is 0 Å². The van der Waals surface area contributed by atoms with Crippen LogP contribution >= 0.6 is 0 Å².